The van der Waals surface area contributed by atoms with Gasteiger partial charge in [-0.3, -0.25) is 9.69 Å². The molecule has 2 heterocycles. The number of imidazole rings is 1. The Hall–Kier alpha value is -2.59. The third-order valence-corrected chi connectivity index (χ3v) is 5.43. The fourth-order valence-corrected chi connectivity index (χ4v) is 3.67. The molecule has 0 aliphatic carbocycles. The van der Waals surface area contributed by atoms with Gasteiger partial charge >= 0.3 is 6.18 Å². The second-order valence-electron chi connectivity index (χ2n) is 7.63. The molecule has 0 bridgehead atoms. The average molecular weight is 440 g/mol. The molecule has 1 unspecified atom stereocenters. The normalized spacial score (nSPS) is 17.4. The zero-order chi connectivity index (χ0) is 22.6. The number of benzene rings is 1. The Morgan fingerprint density at radius 3 is 2.32 bits per heavy atom. The number of nitrogens with zero attached hydrogens (tertiary/aromatic N) is 4. The Bertz CT molecular complexity index is 877. The van der Waals surface area contributed by atoms with E-state index in [1.54, 1.807) is 0 Å². The summed E-state index contributed by atoms with van der Waals surface area (Å²) in [4.78, 5) is 19.8. The Kier molecular flexibility index (Phi) is 6.90. The monoisotopic (exact) mass is 440 g/mol. The van der Waals surface area contributed by atoms with E-state index in [-0.39, 0.29) is 0 Å². The van der Waals surface area contributed by atoms with Crippen LogP contribution in [0.3, 0.4) is 0 Å². The molecular weight excluding hydrogens is 413 g/mol. The van der Waals surface area contributed by atoms with Crippen LogP contribution in [-0.2, 0) is 24.0 Å². The van der Waals surface area contributed by atoms with Crippen molar-refractivity contribution in [2.24, 2.45) is 7.05 Å². The summed E-state index contributed by atoms with van der Waals surface area (Å²) in [5, 5.41) is 10.4. The van der Waals surface area contributed by atoms with Crippen molar-refractivity contribution < 1.29 is 27.8 Å². The third kappa shape index (κ3) is 5.19. The first kappa shape index (κ1) is 23.1. The van der Waals surface area contributed by atoms with E-state index in [0.717, 1.165) is 22.1 Å². The van der Waals surface area contributed by atoms with Gasteiger partial charge in [0, 0.05) is 52.2 Å². The highest BCUT2D eigenvalue weighted by Crippen LogP contribution is 2.41. The summed E-state index contributed by atoms with van der Waals surface area (Å²) in [6, 6.07) is 7.74. The summed E-state index contributed by atoms with van der Waals surface area (Å²) in [7, 11) is 1.35. The van der Waals surface area contributed by atoms with Crippen LogP contribution in [-0.4, -0.2) is 69.3 Å². The number of carbonyl (C=O) groups excluding carboxylic acids is 1. The number of aliphatic hydroxyl groups is 1. The highest BCUT2D eigenvalue weighted by atomic mass is 19.4. The number of aromatic nitrogens is 2. The molecule has 170 valence electrons. The fraction of sp³-hybridized carbons (Fsp3) is 0.524. The number of carbonyl (C=O) groups is 1. The molecule has 1 aromatic heterocycles. The first-order valence-electron chi connectivity index (χ1n) is 10.1. The average Bonchev–Trinajstić information content (AvgIpc) is 3.16. The number of ether oxygens (including phenoxy) is 1. The summed E-state index contributed by atoms with van der Waals surface area (Å²) in [5.41, 5.74) is -2.24. The van der Waals surface area contributed by atoms with Crippen LogP contribution >= 0.6 is 0 Å². The maximum absolute atomic E-state index is 13.7. The smallest absolute Gasteiger partial charge is 0.425 e. The van der Waals surface area contributed by atoms with Crippen LogP contribution in [0.15, 0.2) is 36.7 Å². The van der Waals surface area contributed by atoms with E-state index in [2.05, 4.69) is 9.88 Å². The summed E-state index contributed by atoms with van der Waals surface area (Å²) < 4.78 is 47.5. The topological polar surface area (TPSA) is 70.8 Å². The summed E-state index contributed by atoms with van der Waals surface area (Å²) in [6.07, 6.45) is -3.66. The minimum atomic E-state index is -5.03. The van der Waals surface area contributed by atoms with Crippen molar-refractivity contribution in [2.45, 2.75) is 31.7 Å². The lowest BCUT2D eigenvalue weighted by molar-refractivity contribution is -0.272. The molecule has 2 aromatic rings. The van der Waals surface area contributed by atoms with Gasteiger partial charge in [-0.05, 0) is 24.6 Å². The number of alkyl halides is 3. The van der Waals surface area contributed by atoms with Crippen LogP contribution < -0.4 is 4.74 Å². The first-order chi connectivity index (χ1) is 14.6. The van der Waals surface area contributed by atoms with Crippen LogP contribution in [0.25, 0.3) is 0 Å². The summed E-state index contributed by atoms with van der Waals surface area (Å²) >= 11 is 0. The number of aryl methyl sites for hydroxylation is 1. The zero-order valence-corrected chi connectivity index (χ0v) is 17.6. The fourth-order valence-electron chi connectivity index (χ4n) is 3.67. The van der Waals surface area contributed by atoms with E-state index in [0.29, 0.717) is 39.3 Å². The van der Waals surface area contributed by atoms with Crippen LogP contribution in [0.2, 0.25) is 0 Å². The highest BCUT2D eigenvalue weighted by Gasteiger charge is 2.59. The van der Waals surface area contributed by atoms with Crippen molar-refractivity contribution in [1.82, 2.24) is 19.4 Å². The summed E-state index contributed by atoms with van der Waals surface area (Å²) in [5.74, 6) is -0.544. The number of halogens is 3. The maximum Gasteiger partial charge on any atom is 0.425 e. The van der Waals surface area contributed by atoms with Crippen molar-refractivity contribution in [3.63, 3.8) is 0 Å². The van der Waals surface area contributed by atoms with Gasteiger partial charge in [-0.2, -0.15) is 13.2 Å². The van der Waals surface area contributed by atoms with Crippen molar-refractivity contribution >= 4 is 5.91 Å². The highest BCUT2D eigenvalue weighted by molar-refractivity contribution is 5.77. The zero-order valence-electron chi connectivity index (χ0n) is 17.6. The van der Waals surface area contributed by atoms with E-state index >= 15 is 0 Å². The quantitative estimate of drug-likeness (QED) is 0.716. The summed E-state index contributed by atoms with van der Waals surface area (Å²) in [6.45, 7) is 4.85. The first-order valence-corrected chi connectivity index (χ1v) is 10.1. The molecule has 0 spiro atoms. The van der Waals surface area contributed by atoms with Gasteiger partial charge in [-0.15, -0.1) is 0 Å². The lowest BCUT2D eigenvalue weighted by atomic mass is 9.96. The lowest BCUT2D eigenvalue weighted by Crippen LogP contribution is -2.52. The Labute approximate surface area is 179 Å². The second kappa shape index (κ2) is 9.27. The minimum Gasteiger partial charge on any atom is -0.494 e. The largest absolute Gasteiger partial charge is 0.494 e. The van der Waals surface area contributed by atoms with Gasteiger partial charge < -0.3 is 19.3 Å². The standard InChI is InChI=1S/C21H27F3N4O3/c1-3-31-17-6-4-16(5-7-17)15-27-10-12-28(13-11-27)18(29)14-20(30,21(22,23)24)19-25-8-9-26(19)2/h4-9,30H,3,10-15H2,1-2H3. The van der Waals surface area contributed by atoms with E-state index in [9.17, 15) is 23.1 Å². The third-order valence-electron chi connectivity index (χ3n) is 5.43. The second-order valence-corrected chi connectivity index (χ2v) is 7.63. The molecule has 1 fully saturated rings. The van der Waals surface area contributed by atoms with Crippen LogP contribution in [0.1, 0.15) is 24.7 Å². The van der Waals surface area contributed by atoms with Gasteiger partial charge in [0.1, 0.15) is 5.75 Å². The molecule has 0 saturated carbocycles. The van der Waals surface area contributed by atoms with Gasteiger partial charge in [0.05, 0.1) is 13.0 Å². The van der Waals surface area contributed by atoms with Gasteiger partial charge in [-0.1, -0.05) is 12.1 Å². The molecule has 1 amide bonds. The molecule has 7 nitrogen and oxygen atoms in total. The van der Waals surface area contributed by atoms with Gasteiger partial charge in [0.2, 0.25) is 11.5 Å². The molecule has 3 rings (SSSR count). The molecule has 1 aliphatic heterocycles. The minimum absolute atomic E-state index is 0.296. The molecular formula is C21H27F3N4O3. The Balaban J connectivity index is 1.58. The molecule has 1 saturated heterocycles. The van der Waals surface area contributed by atoms with Crippen LogP contribution in [0.5, 0.6) is 5.75 Å². The number of hydrogen-bond donors (Lipinski definition) is 1. The van der Waals surface area contributed by atoms with Gasteiger partial charge in [0.15, 0.2) is 5.82 Å². The molecule has 0 radical (unpaired) electrons. The van der Waals surface area contributed by atoms with Crippen molar-refractivity contribution in [3.05, 3.63) is 48.0 Å². The molecule has 1 aliphatic rings. The SMILES string of the molecule is CCOc1ccc(CN2CCN(C(=O)CC(O)(c3nccn3C)C(F)(F)F)CC2)cc1. The van der Waals surface area contributed by atoms with Crippen LogP contribution in [0, 0.1) is 0 Å². The predicted molar refractivity (Wildman–Crippen MR) is 107 cm³/mol. The molecule has 1 atom stereocenters. The van der Waals surface area contributed by atoms with Crippen molar-refractivity contribution in [2.75, 3.05) is 32.8 Å². The number of piperazine rings is 1. The maximum atomic E-state index is 13.7. The molecule has 1 N–H and O–H groups in total. The lowest BCUT2D eigenvalue weighted by Gasteiger charge is -2.37. The van der Waals surface area contributed by atoms with Crippen molar-refractivity contribution in [3.8, 4) is 5.75 Å². The molecule has 31 heavy (non-hydrogen) atoms. The van der Waals surface area contributed by atoms with E-state index in [4.69, 9.17) is 4.74 Å². The van der Waals surface area contributed by atoms with E-state index in [1.165, 1.54) is 18.1 Å². The van der Waals surface area contributed by atoms with Gasteiger partial charge in [-0.25, -0.2) is 4.98 Å². The van der Waals surface area contributed by atoms with E-state index < -0.39 is 29.9 Å². The van der Waals surface area contributed by atoms with Crippen molar-refractivity contribution in [1.29, 1.82) is 0 Å². The Morgan fingerprint density at radius 1 is 1.16 bits per heavy atom. The number of hydrogen-bond acceptors (Lipinski definition) is 5. The molecule has 10 heteroatoms. The number of amides is 1. The Morgan fingerprint density at radius 2 is 1.81 bits per heavy atom. The molecule has 1 aromatic carbocycles. The number of rotatable bonds is 7. The van der Waals surface area contributed by atoms with E-state index in [1.807, 2.05) is 31.2 Å². The van der Waals surface area contributed by atoms with Gasteiger partial charge in [0.25, 0.3) is 0 Å². The predicted octanol–water partition coefficient (Wildman–Crippen LogP) is 2.30. The van der Waals surface area contributed by atoms with Crippen LogP contribution in [0.4, 0.5) is 13.2 Å².